The minimum atomic E-state index is -0.240. The zero-order valence-corrected chi connectivity index (χ0v) is 8.03. The van der Waals surface area contributed by atoms with Crippen LogP contribution in [0.5, 0.6) is 0 Å². The third kappa shape index (κ3) is 1.59. The standard InChI is InChI=1S/C9H15N3O2/c10-6-1-3-7(4-2-6)12-8(13)5-11-9(12)14/h6-7H,1-5,10H2,(H,11,14). The second-order valence-electron chi connectivity index (χ2n) is 3.99. The van der Waals surface area contributed by atoms with Gasteiger partial charge in [0, 0.05) is 12.1 Å². The lowest BCUT2D eigenvalue weighted by Crippen LogP contribution is -2.44. The molecule has 0 radical (unpaired) electrons. The molecule has 1 saturated carbocycles. The van der Waals surface area contributed by atoms with Crippen molar-refractivity contribution in [2.45, 2.75) is 37.8 Å². The van der Waals surface area contributed by atoms with Crippen LogP contribution >= 0.6 is 0 Å². The van der Waals surface area contributed by atoms with Gasteiger partial charge in [-0.25, -0.2) is 4.79 Å². The molecule has 2 fully saturated rings. The summed E-state index contributed by atoms with van der Waals surface area (Å²) < 4.78 is 0. The molecule has 3 N–H and O–H groups in total. The maximum absolute atomic E-state index is 11.4. The van der Waals surface area contributed by atoms with Crippen LogP contribution in [0.25, 0.3) is 0 Å². The van der Waals surface area contributed by atoms with Gasteiger partial charge < -0.3 is 11.1 Å². The Morgan fingerprint density at radius 1 is 1.21 bits per heavy atom. The number of nitrogens with two attached hydrogens (primary N) is 1. The molecule has 1 aliphatic heterocycles. The molecule has 0 spiro atoms. The van der Waals surface area contributed by atoms with E-state index < -0.39 is 0 Å². The van der Waals surface area contributed by atoms with Crippen molar-refractivity contribution in [1.29, 1.82) is 0 Å². The fraction of sp³-hybridized carbons (Fsp3) is 0.778. The molecule has 0 bridgehead atoms. The van der Waals surface area contributed by atoms with Crippen molar-refractivity contribution in [1.82, 2.24) is 10.2 Å². The summed E-state index contributed by atoms with van der Waals surface area (Å²) >= 11 is 0. The van der Waals surface area contributed by atoms with E-state index in [4.69, 9.17) is 5.73 Å². The predicted molar refractivity (Wildman–Crippen MR) is 50.5 cm³/mol. The van der Waals surface area contributed by atoms with Gasteiger partial charge in [-0.05, 0) is 25.7 Å². The molecule has 5 heteroatoms. The lowest BCUT2D eigenvalue weighted by molar-refractivity contribution is -0.127. The van der Waals surface area contributed by atoms with Crippen molar-refractivity contribution in [2.75, 3.05) is 6.54 Å². The first-order valence-electron chi connectivity index (χ1n) is 5.04. The molecule has 78 valence electrons. The average molecular weight is 197 g/mol. The maximum atomic E-state index is 11.4. The van der Waals surface area contributed by atoms with Crippen LogP contribution in [-0.2, 0) is 4.79 Å². The monoisotopic (exact) mass is 197 g/mol. The lowest BCUT2D eigenvalue weighted by Gasteiger charge is -2.31. The summed E-state index contributed by atoms with van der Waals surface area (Å²) in [7, 11) is 0. The fourth-order valence-corrected chi connectivity index (χ4v) is 2.16. The van der Waals surface area contributed by atoms with E-state index >= 15 is 0 Å². The molecule has 0 unspecified atom stereocenters. The highest BCUT2D eigenvalue weighted by Crippen LogP contribution is 2.23. The highest BCUT2D eigenvalue weighted by atomic mass is 16.2. The number of imide groups is 1. The van der Waals surface area contributed by atoms with Gasteiger partial charge in [0.25, 0.3) is 0 Å². The molecule has 3 amide bonds. The molecule has 0 aromatic heterocycles. The van der Waals surface area contributed by atoms with Crippen LogP contribution in [-0.4, -0.2) is 35.5 Å². The fourth-order valence-electron chi connectivity index (χ4n) is 2.16. The third-order valence-electron chi connectivity index (χ3n) is 2.98. The number of hydrogen-bond donors (Lipinski definition) is 2. The van der Waals surface area contributed by atoms with Crippen molar-refractivity contribution in [3.63, 3.8) is 0 Å². The second-order valence-corrected chi connectivity index (χ2v) is 3.99. The van der Waals surface area contributed by atoms with E-state index in [1.807, 2.05) is 0 Å². The van der Waals surface area contributed by atoms with Gasteiger partial charge in [-0.1, -0.05) is 0 Å². The second kappa shape index (κ2) is 3.57. The van der Waals surface area contributed by atoms with Gasteiger partial charge in [0.15, 0.2) is 0 Å². The predicted octanol–water partition coefficient (Wildman–Crippen LogP) is -0.192. The molecule has 2 rings (SSSR count). The highest BCUT2D eigenvalue weighted by molar-refractivity contribution is 6.02. The van der Waals surface area contributed by atoms with Crippen LogP contribution in [0.2, 0.25) is 0 Å². The summed E-state index contributed by atoms with van der Waals surface area (Å²) in [6.45, 7) is 0.154. The smallest absolute Gasteiger partial charge is 0.324 e. The van der Waals surface area contributed by atoms with Gasteiger partial charge in [0.1, 0.15) is 0 Å². The average Bonchev–Trinajstić information content (AvgIpc) is 2.49. The van der Waals surface area contributed by atoms with Crippen LogP contribution in [0.15, 0.2) is 0 Å². The maximum Gasteiger partial charge on any atom is 0.324 e. The van der Waals surface area contributed by atoms with E-state index in [9.17, 15) is 9.59 Å². The zero-order chi connectivity index (χ0) is 10.1. The number of hydrogen-bond acceptors (Lipinski definition) is 3. The van der Waals surface area contributed by atoms with Crippen LogP contribution in [0.4, 0.5) is 4.79 Å². The van der Waals surface area contributed by atoms with E-state index in [1.165, 1.54) is 4.90 Å². The van der Waals surface area contributed by atoms with Gasteiger partial charge in [-0.3, -0.25) is 9.69 Å². The number of rotatable bonds is 1. The number of urea groups is 1. The Morgan fingerprint density at radius 2 is 1.86 bits per heavy atom. The van der Waals surface area contributed by atoms with E-state index in [0.717, 1.165) is 25.7 Å². The molecular weight excluding hydrogens is 182 g/mol. The van der Waals surface area contributed by atoms with Crippen molar-refractivity contribution in [3.05, 3.63) is 0 Å². The number of carbonyl (C=O) groups is 2. The number of amides is 3. The number of nitrogens with one attached hydrogen (secondary N) is 1. The Balaban J connectivity index is 2.00. The van der Waals surface area contributed by atoms with E-state index in [2.05, 4.69) is 5.32 Å². The summed E-state index contributed by atoms with van der Waals surface area (Å²) in [5.74, 6) is -0.101. The molecule has 0 aromatic rings. The first kappa shape index (κ1) is 9.45. The SMILES string of the molecule is NC1CCC(N2C(=O)CNC2=O)CC1. The molecule has 1 heterocycles. The van der Waals surface area contributed by atoms with Gasteiger partial charge in [-0.2, -0.15) is 0 Å². The molecule has 14 heavy (non-hydrogen) atoms. The van der Waals surface area contributed by atoms with E-state index in [0.29, 0.717) is 0 Å². The Labute approximate surface area is 82.6 Å². The number of carbonyl (C=O) groups excluding carboxylic acids is 2. The summed E-state index contributed by atoms with van der Waals surface area (Å²) in [5, 5.41) is 2.53. The Bertz CT molecular complexity index is 243. The molecule has 0 atom stereocenters. The molecule has 2 aliphatic rings. The highest BCUT2D eigenvalue weighted by Gasteiger charge is 2.36. The minimum absolute atomic E-state index is 0.0739. The van der Waals surface area contributed by atoms with Gasteiger partial charge in [0.2, 0.25) is 5.91 Å². The van der Waals surface area contributed by atoms with Crippen LogP contribution < -0.4 is 11.1 Å². The molecule has 1 saturated heterocycles. The summed E-state index contributed by atoms with van der Waals surface area (Å²) in [6.07, 6.45) is 3.50. The van der Waals surface area contributed by atoms with Crippen molar-refractivity contribution in [3.8, 4) is 0 Å². The summed E-state index contributed by atoms with van der Waals surface area (Å²) in [4.78, 5) is 24.1. The normalized spacial score (nSPS) is 33.4. The Hall–Kier alpha value is -1.10. The Morgan fingerprint density at radius 3 is 2.36 bits per heavy atom. The molecule has 1 aliphatic carbocycles. The van der Waals surface area contributed by atoms with Gasteiger partial charge in [0.05, 0.1) is 6.54 Å². The molecular formula is C9H15N3O2. The summed E-state index contributed by atoms with van der Waals surface area (Å²) in [6, 6.07) is 0.0762. The van der Waals surface area contributed by atoms with Crippen LogP contribution in [0.3, 0.4) is 0 Å². The topological polar surface area (TPSA) is 75.4 Å². The van der Waals surface area contributed by atoms with Crippen molar-refractivity contribution < 1.29 is 9.59 Å². The minimum Gasteiger partial charge on any atom is -0.329 e. The summed E-state index contributed by atoms with van der Waals surface area (Å²) in [5.41, 5.74) is 5.76. The Kier molecular flexibility index (Phi) is 2.41. The lowest BCUT2D eigenvalue weighted by atomic mass is 9.91. The molecule has 5 nitrogen and oxygen atoms in total. The zero-order valence-electron chi connectivity index (χ0n) is 8.03. The van der Waals surface area contributed by atoms with E-state index in [1.54, 1.807) is 0 Å². The van der Waals surface area contributed by atoms with Crippen LogP contribution in [0.1, 0.15) is 25.7 Å². The largest absolute Gasteiger partial charge is 0.329 e. The first-order chi connectivity index (χ1) is 6.68. The third-order valence-corrected chi connectivity index (χ3v) is 2.98. The first-order valence-corrected chi connectivity index (χ1v) is 5.04. The van der Waals surface area contributed by atoms with Gasteiger partial charge in [-0.15, -0.1) is 0 Å². The van der Waals surface area contributed by atoms with Crippen molar-refractivity contribution in [2.24, 2.45) is 5.73 Å². The molecule has 0 aromatic carbocycles. The quantitative estimate of drug-likeness (QED) is 0.572. The van der Waals surface area contributed by atoms with Crippen molar-refractivity contribution >= 4 is 11.9 Å². The van der Waals surface area contributed by atoms with E-state index in [-0.39, 0.29) is 30.6 Å². The number of nitrogens with zero attached hydrogens (tertiary/aromatic N) is 1. The van der Waals surface area contributed by atoms with Gasteiger partial charge >= 0.3 is 6.03 Å². The van der Waals surface area contributed by atoms with Crippen LogP contribution in [0, 0.1) is 0 Å².